The minimum absolute atomic E-state index is 0.847. The van der Waals surface area contributed by atoms with E-state index in [4.69, 9.17) is 4.98 Å². The number of fused-ring (bicyclic) bond motifs is 5. The predicted molar refractivity (Wildman–Crippen MR) is 147 cm³/mol. The van der Waals surface area contributed by atoms with E-state index in [0.29, 0.717) is 0 Å². The van der Waals surface area contributed by atoms with Gasteiger partial charge < -0.3 is 4.90 Å². The molecular formula is C32H22N4. The highest BCUT2D eigenvalue weighted by Crippen LogP contribution is 2.50. The maximum Gasteiger partial charge on any atom is 0.0802 e. The maximum absolute atomic E-state index is 4.86. The van der Waals surface area contributed by atoms with Gasteiger partial charge in [-0.15, -0.1) is 0 Å². The van der Waals surface area contributed by atoms with Crippen molar-refractivity contribution < 1.29 is 0 Å². The van der Waals surface area contributed by atoms with Gasteiger partial charge in [-0.05, 0) is 48.0 Å². The Labute approximate surface area is 210 Å². The van der Waals surface area contributed by atoms with Crippen LogP contribution in [0.3, 0.4) is 0 Å². The van der Waals surface area contributed by atoms with Gasteiger partial charge in [0, 0.05) is 53.0 Å². The number of hydrogen-bond acceptors (Lipinski definition) is 4. The van der Waals surface area contributed by atoms with Gasteiger partial charge in [-0.1, -0.05) is 60.7 Å². The quantitative estimate of drug-likeness (QED) is 0.268. The van der Waals surface area contributed by atoms with E-state index in [2.05, 4.69) is 93.7 Å². The summed E-state index contributed by atoms with van der Waals surface area (Å²) >= 11 is 0. The molecule has 0 unspecified atom stereocenters. The molecule has 0 N–H and O–H groups in total. The second kappa shape index (κ2) is 8.43. The number of aromatic nitrogens is 2. The first kappa shape index (κ1) is 20.5. The van der Waals surface area contributed by atoms with Crippen LogP contribution < -0.4 is 4.90 Å². The molecule has 0 radical (unpaired) electrons. The fraction of sp³-hybridized carbons (Fsp3) is 0.0312. The Bertz CT molecular complexity index is 1670. The molecule has 4 heterocycles. The topological polar surface area (TPSA) is 41.4 Å². The summed E-state index contributed by atoms with van der Waals surface area (Å²) in [5.74, 6) is 0. The lowest BCUT2D eigenvalue weighted by Crippen LogP contribution is -2.12. The maximum atomic E-state index is 4.86. The highest BCUT2D eigenvalue weighted by Gasteiger charge is 2.27. The largest absolute Gasteiger partial charge is 0.309 e. The van der Waals surface area contributed by atoms with Crippen LogP contribution in [0.2, 0.25) is 0 Å². The fourth-order valence-corrected chi connectivity index (χ4v) is 5.13. The molecule has 4 heteroatoms. The summed E-state index contributed by atoms with van der Waals surface area (Å²) in [6, 6.07) is 34.0. The summed E-state index contributed by atoms with van der Waals surface area (Å²) in [5.41, 5.74) is 11.9. The Morgan fingerprint density at radius 3 is 2.39 bits per heavy atom. The van der Waals surface area contributed by atoms with Crippen molar-refractivity contribution in [2.45, 2.75) is 6.42 Å². The van der Waals surface area contributed by atoms with E-state index in [-0.39, 0.29) is 0 Å². The number of hydrogen-bond donors (Lipinski definition) is 0. The third kappa shape index (κ3) is 3.35. The summed E-state index contributed by atoms with van der Waals surface area (Å²) in [6.45, 7) is 0. The average Bonchev–Trinajstić information content (AvgIpc) is 3.46. The van der Waals surface area contributed by atoms with Gasteiger partial charge in [-0.3, -0.25) is 15.0 Å². The molecule has 0 saturated heterocycles. The van der Waals surface area contributed by atoms with Crippen LogP contribution in [0.4, 0.5) is 17.1 Å². The van der Waals surface area contributed by atoms with Crippen LogP contribution in [0.25, 0.3) is 33.6 Å². The van der Waals surface area contributed by atoms with Crippen molar-refractivity contribution in [2.75, 3.05) is 4.90 Å². The van der Waals surface area contributed by atoms with Gasteiger partial charge in [-0.2, -0.15) is 0 Å². The van der Waals surface area contributed by atoms with Gasteiger partial charge >= 0.3 is 0 Å². The zero-order chi connectivity index (χ0) is 23.9. The summed E-state index contributed by atoms with van der Waals surface area (Å²) in [4.78, 5) is 16.4. The SMILES string of the molecule is C1=CN=C(c2ccc3c(c2)N(c2cccc(-c4ccccn4)c2)c2ccccc2-c2cccnc2-3)C1. The van der Waals surface area contributed by atoms with Gasteiger partial charge in [0.1, 0.15) is 0 Å². The number of para-hydroxylation sites is 1. The molecule has 36 heavy (non-hydrogen) atoms. The molecule has 170 valence electrons. The van der Waals surface area contributed by atoms with Gasteiger partial charge in [0.2, 0.25) is 0 Å². The van der Waals surface area contributed by atoms with Gasteiger partial charge in [0.15, 0.2) is 0 Å². The van der Waals surface area contributed by atoms with Crippen LogP contribution in [0.15, 0.2) is 127 Å². The third-order valence-electron chi connectivity index (χ3n) is 6.78. The molecule has 0 bridgehead atoms. The molecule has 0 saturated carbocycles. The number of pyridine rings is 2. The molecule has 0 spiro atoms. The van der Waals surface area contributed by atoms with Crippen LogP contribution in [0.1, 0.15) is 12.0 Å². The van der Waals surface area contributed by atoms with Crippen molar-refractivity contribution >= 4 is 22.8 Å². The summed E-state index contributed by atoms with van der Waals surface area (Å²) < 4.78 is 0. The van der Waals surface area contributed by atoms with E-state index in [0.717, 1.165) is 68.4 Å². The molecule has 2 aromatic heterocycles. The van der Waals surface area contributed by atoms with E-state index in [1.165, 1.54) is 0 Å². The number of allylic oxidation sites excluding steroid dienone is 1. The van der Waals surface area contributed by atoms with E-state index in [1.54, 1.807) is 0 Å². The molecule has 4 nitrogen and oxygen atoms in total. The first-order chi connectivity index (χ1) is 17.9. The molecule has 0 atom stereocenters. The van der Waals surface area contributed by atoms with Crippen LogP contribution in [0.5, 0.6) is 0 Å². The van der Waals surface area contributed by atoms with E-state index in [9.17, 15) is 0 Å². The van der Waals surface area contributed by atoms with Gasteiger partial charge in [0.25, 0.3) is 0 Å². The standard InChI is InChI=1S/C32H22N4/c1-2-14-30-25(10-1)26-11-6-19-35-32(26)27-16-15-23(29-13-7-18-34-29)21-31(27)36(30)24-9-5-8-22(20-24)28-12-3-4-17-33-28/h1-12,14-21H,13H2. The monoisotopic (exact) mass is 462 g/mol. The summed E-state index contributed by atoms with van der Waals surface area (Å²) in [5, 5.41) is 0. The van der Waals surface area contributed by atoms with Crippen molar-refractivity contribution in [3.05, 3.63) is 127 Å². The average molecular weight is 463 g/mol. The Balaban J connectivity index is 1.51. The van der Waals surface area contributed by atoms with Crippen molar-refractivity contribution in [3.63, 3.8) is 0 Å². The zero-order valence-corrected chi connectivity index (χ0v) is 19.5. The highest BCUT2D eigenvalue weighted by atomic mass is 15.2. The Morgan fingerprint density at radius 1 is 0.611 bits per heavy atom. The number of nitrogens with zero attached hydrogens (tertiary/aromatic N) is 4. The van der Waals surface area contributed by atoms with E-state index < -0.39 is 0 Å². The van der Waals surface area contributed by atoms with Crippen LogP contribution >= 0.6 is 0 Å². The number of aliphatic imine (C=N–C) groups is 1. The summed E-state index contributed by atoms with van der Waals surface area (Å²) in [6.07, 6.45) is 8.55. The minimum Gasteiger partial charge on any atom is -0.309 e. The fourth-order valence-electron chi connectivity index (χ4n) is 5.13. The molecular weight excluding hydrogens is 440 g/mol. The lowest BCUT2D eigenvalue weighted by atomic mass is 9.98. The molecule has 3 aromatic carbocycles. The number of benzene rings is 3. The molecule has 7 rings (SSSR count). The van der Waals surface area contributed by atoms with E-state index in [1.807, 2.05) is 42.9 Å². The third-order valence-corrected chi connectivity index (χ3v) is 6.78. The highest BCUT2D eigenvalue weighted by molar-refractivity contribution is 6.07. The van der Waals surface area contributed by atoms with Gasteiger partial charge in [-0.25, -0.2) is 0 Å². The van der Waals surface area contributed by atoms with E-state index >= 15 is 0 Å². The number of anilines is 3. The van der Waals surface area contributed by atoms with Crippen molar-refractivity contribution in [1.82, 2.24) is 9.97 Å². The molecule has 0 aliphatic carbocycles. The number of rotatable bonds is 3. The Hall–Kier alpha value is -4.83. The van der Waals surface area contributed by atoms with Crippen molar-refractivity contribution in [2.24, 2.45) is 4.99 Å². The van der Waals surface area contributed by atoms with Crippen LogP contribution in [-0.4, -0.2) is 15.7 Å². The van der Waals surface area contributed by atoms with Crippen LogP contribution in [-0.2, 0) is 0 Å². The first-order valence-electron chi connectivity index (χ1n) is 12.1. The first-order valence-corrected chi connectivity index (χ1v) is 12.1. The lowest BCUT2D eigenvalue weighted by molar-refractivity contribution is 1.27. The molecule has 5 aromatic rings. The molecule has 0 amide bonds. The van der Waals surface area contributed by atoms with Crippen molar-refractivity contribution in [1.29, 1.82) is 0 Å². The summed E-state index contributed by atoms with van der Waals surface area (Å²) in [7, 11) is 0. The molecule has 2 aliphatic rings. The second-order valence-corrected chi connectivity index (χ2v) is 8.91. The van der Waals surface area contributed by atoms with Crippen LogP contribution in [0, 0.1) is 0 Å². The zero-order valence-electron chi connectivity index (χ0n) is 19.5. The Morgan fingerprint density at radius 2 is 1.50 bits per heavy atom. The smallest absolute Gasteiger partial charge is 0.0802 e. The predicted octanol–water partition coefficient (Wildman–Crippen LogP) is 7.97. The Kier molecular flexibility index (Phi) is 4.81. The second-order valence-electron chi connectivity index (χ2n) is 8.91. The normalized spacial score (nSPS) is 13.4. The molecule has 2 aliphatic heterocycles. The van der Waals surface area contributed by atoms with Crippen molar-refractivity contribution in [3.8, 4) is 33.6 Å². The van der Waals surface area contributed by atoms with Gasteiger partial charge in [0.05, 0.1) is 28.5 Å². The minimum atomic E-state index is 0.847. The molecule has 0 fully saturated rings. The lowest BCUT2D eigenvalue weighted by Gasteiger charge is -2.28.